The minimum Gasteiger partial charge on any atom is -0.478 e. The first-order valence-corrected chi connectivity index (χ1v) is 3.83. The number of rotatable bonds is 1. The molecule has 0 unspecified atom stereocenters. The first kappa shape index (κ1) is 7.67. The fourth-order valence-corrected chi connectivity index (χ4v) is 1.26. The number of benzene rings is 1. The molecule has 1 aromatic carbocycles. The van der Waals surface area contributed by atoms with Crippen molar-refractivity contribution < 1.29 is 9.90 Å². The van der Waals surface area contributed by atoms with Crippen LogP contribution >= 0.6 is 0 Å². The van der Waals surface area contributed by atoms with E-state index < -0.39 is 5.97 Å². The average molecular weight is 176 g/mol. The Bertz CT molecular complexity index is 385. The highest BCUT2D eigenvalue weighted by Gasteiger charge is 2.13. The molecule has 1 aromatic rings. The van der Waals surface area contributed by atoms with Gasteiger partial charge in [-0.2, -0.15) is 0 Å². The van der Waals surface area contributed by atoms with E-state index >= 15 is 0 Å². The SMILES string of the molecule is O=C(O)c1cccc2c1NC=CN2. The molecule has 3 N–H and O–H groups in total. The Kier molecular flexibility index (Phi) is 1.66. The van der Waals surface area contributed by atoms with E-state index in [1.807, 2.05) is 6.07 Å². The summed E-state index contributed by atoms with van der Waals surface area (Å²) in [5.74, 6) is -0.929. The summed E-state index contributed by atoms with van der Waals surface area (Å²) in [5, 5.41) is 14.7. The van der Waals surface area contributed by atoms with Crippen molar-refractivity contribution in [1.82, 2.24) is 0 Å². The Hall–Kier alpha value is -1.97. The van der Waals surface area contributed by atoms with Gasteiger partial charge in [-0.3, -0.25) is 0 Å². The summed E-state index contributed by atoms with van der Waals surface area (Å²) < 4.78 is 0. The Labute approximate surface area is 74.9 Å². The number of carbonyl (C=O) groups is 1. The smallest absolute Gasteiger partial charge is 0.337 e. The molecule has 4 nitrogen and oxygen atoms in total. The first-order valence-electron chi connectivity index (χ1n) is 3.83. The van der Waals surface area contributed by atoms with E-state index in [2.05, 4.69) is 10.6 Å². The van der Waals surface area contributed by atoms with Gasteiger partial charge < -0.3 is 15.7 Å². The zero-order valence-electron chi connectivity index (χ0n) is 6.74. The molecule has 66 valence electrons. The van der Waals surface area contributed by atoms with Crippen LogP contribution in [0.3, 0.4) is 0 Å². The number of hydrogen-bond acceptors (Lipinski definition) is 3. The van der Waals surface area contributed by atoms with Crippen molar-refractivity contribution in [3.05, 3.63) is 36.2 Å². The zero-order valence-corrected chi connectivity index (χ0v) is 6.74. The number of hydrogen-bond donors (Lipinski definition) is 3. The molecular weight excluding hydrogens is 168 g/mol. The van der Waals surface area contributed by atoms with Crippen LogP contribution in [0.25, 0.3) is 0 Å². The van der Waals surface area contributed by atoms with E-state index in [9.17, 15) is 4.79 Å². The lowest BCUT2D eigenvalue weighted by molar-refractivity contribution is 0.0698. The maximum absolute atomic E-state index is 10.8. The van der Waals surface area contributed by atoms with Crippen LogP contribution in [0.2, 0.25) is 0 Å². The molecule has 0 amide bonds. The summed E-state index contributed by atoms with van der Waals surface area (Å²) in [4.78, 5) is 10.8. The quantitative estimate of drug-likeness (QED) is 0.609. The molecule has 13 heavy (non-hydrogen) atoms. The van der Waals surface area contributed by atoms with Gasteiger partial charge in [-0.15, -0.1) is 0 Å². The third-order valence-electron chi connectivity index (χ3n) is 1.84. The Morgan fingerprint density at radius 1 is 1.23 bits per heavy atom. The molecule has 0 fully saturated rings. The lowest BCUT2D eigenvalue weighted by atomic mass is 10.1. The summed E-state index contributed by atoms with van der Waals surface area (Å²) in [6.07, 6.45) is 3.38. The monoisotopic (exact) mass is 176 g/mol. The summed E-state index contributed by atoms with van der Waals surface area (Å²) in [7, 11) is 0. The van der Waals surface area contributed by atoms with Gasteiger partial charge in [-0.1, -0.05) is 6.07 Å². The van der Waals surface area contributed by atoms with E-state index in [1.165, 1.54) is 0 Å². The third kappa shape index (κ3) is 1.22. The van der Waals surface area contributed by atoms with Crippen molar-refractivity contribution in [2.24, 2.45) is 0 Å². The maximum Gasteiger partial charge on any atom is 0.337 e. The lowest BCUT2D eigenvalue weighted by Gasteiger charge is -2.15. The van der Waals surface area contributed by atoms with Crippen LogP contribution in [0.15, 0.2) is 30.6 Å². The molecule has 0 saturated carbocycles. The van der Waals surface area contributed by atoms with Gasteiger partial charge in [0.2, 0.25) is 0 Å². The fourth-order valence-electron chi connectivity index (χ4n) is 1.26. The third-order valence-corrected chi connectivity index (χ3v) is 1.84. The summed E-state index contributed by atoms with van der Waals surface area (Å²) in [6.45, 7) is 0. The highest BCUT2D eigenvalue weighted by molar-refractivity contribution is 5.98. The average Bonchev–Trinajstić information content (AvgIpc) is 2.17. The first-order chi connectivity index (χ1) is 6.29. The van der Waals surface area contributed by atoms with E-state index in [-0.39, 0.29) is 5.56 Å². The molecule has 0 aromatic heterocycles. The van der Waals surface area contributed by atoms with Crippen LogP contribution in [-0.4, -0.2) is 11.1 Å². The molecule has 4 heteroatoms. The molecule has 1 heterocycles. The van der Waals surface area contributed by atoms with Gasteiger partial charge in [0.15, 0.2) is 0 Å². The molecule has 0 spiro atoms. The standard InChI is InChI=1S/C9H8N2O2/c12-9(13)6-2-1-3-7-8(6)11-5-4-10-7/h1-5,10-11H,(H,12,13). The van der Waals surface area contributed by atoms with Gasteiger partial charge in [0.05, 0.1) is 16.9 Å². The molecule has 2 rings (SSSR count). The topological polar surface area (TPSA) is 61.4 Å². The molecule has 0 saturated heterocycles. The zero-order chi connectivity index (χ0) is 9.26. The number of nitrogens with one attached hydrogen (secondary N) is 2. The Balaban J connectivity index is 2.55. The van der Waals surface area contributed by atoms with Crippen LogP contribution < -0.4 is 10.6 Å². The predicted molar refractivity (Wildman–Crippen MR) is 49.8 cm³/mol. The van der Waals surface area contributed by atoms with Crippen LogP contribution in [0.5, 0.6) is 0 Å². The molecule has 0 aliphatic carbocycles. The second kappa shape index (κ2) is 2.82. The van der Waals surface area contributed by atoms with Crippen LogP contribution in [0, 0.1) is 0 Å². The van der Waals surface area contributed by atoms with Gasteiger partial charge >= 0.3 is 5.97 Å². The van der Waals surface area contributed by atoms with Gasteiger partial charge in [0, 0.05) is 12.4 Å². The maximum atomic E-state index is 10.8. The van der Waals surface area contributed by atoms with Gasteiger partial charge in [0.25, 0.3) is 0 Å². The number of carboxylic acids is 1. The van der Waals surface area contributed by atoms with E-state index in [4.69, 9.17) is 5.11 Å². The minimum atomic E-state index is -0.929. The number of para-hydroxylation sites is 1. The van der Waals surface area contributed by atoms with E-state index in [0.717, 1.165) is 5.69 Å². The second-order valence-electron chi connectivity index (χ2n) is 2.66. The Morgan fingerprint density at radius 2 is 2.00 bits per heavy atom. The highest BCUT2D eigenvalue weighted by Crippen LogP contribution is 2.28. The van der Waals surface area contributed by atoms with Crippen molar-refractivity contribution in [3.8, 4) is 0 Å². The van der Waals surface area contributed by atoms with Gasteiger partial charge in [0.1, 0.15) is 0 Å². The summed E-state index contributed by atoms with van der Waals surface area (Å²) in [6, 6.07) is 5.09. The largest absolute Gasteiger partial charge is 0.478 e. The number of anilines is 2. The van der Waals surface area contributed by atoms with Crippen molar-refractivity contribution in [3.63, 3.8) is 0 Å². The normalized spacial score (nSPS) is 12.6. The minimum absolute atomic E-state index is 0.273. The molecular formula is C9H8N2O2. The second-order valence-corrected chi connectivity index (χ2v) is 2.66. The van der Waals surface area contributed by atoms with Crippen molar-refractivity contribution in [1.29, 1.82) is 0 Å². The van der Waals surface area contributed by atoms with Crippen molar-refractivity contribution in [2.75, 3.05) is 10.6 Å². The number of carboxylic acid groups (broad SMARTS) is 1. The molecule has 1 aliphatic heterocycles. The number of fused-ring (bicyclic) bond motifs is 1. The molecule has 0 bridgehead atoms. The van der Waals surface area contributed by atoms with E-state index in [0.29, 0.717) is 5.69 Å². The summed E-state index contributed by atoms with van der Waals surface area (Å²) >= 11 is 0. The van der Waals surface area contributed by atoms with Gasteiger partial charge in [-0.25, -0.2) is 4.79 Å². The van der Waals surface area contributed by atoms with Crippen LogP contribution in [-0.2, 0) is 0 Å². The lowest BCUT2D eigenvalue weighted by Crippen LogP contribution is -2.08. The molecule has 0 atom stereocenters. The summed E-state index contributed by atoms with van der Waals surface area (Å²) in [5.41, 5.74) is 1.66. The predicted octanol–water partition coefficient (Wildman–Crippen LogP) is 1.69. The van der Waals surface area contributed by atoms with Crippen molar-refractivity contribution in [2.45, 2.75) is 0 Å². The van der Waals surface area contributed by atoms with Gasteiger partial charge in [-0.05, 0) is 12.1 Å². The van der Waals surface area contributed by atoms with E-state index in [1.54, 1.807) is 24.5 Å². The highest BCUT2D eigenvalue weighted by atomic mass is 16.4. The fraction of sp³-hybridized carbons (Fsp3) is 0. The van der Waals surface area contributed by atoms with Crippen LogP contribution in [0.1, 0.15) is 10.4 Å². The van der Waals surface area contributed by atoms with Crippen LogP contribution in [0.4, 0.5) is 11.4 Å². The molecule has 0 radical (unpaired) electrons. The Morgan fingerprint density at radius 3 is 2.77 bits per heavy atom. The van der Waals surface area contributed by atoms with Crippen molar-refractivity contribution >= 4 is 17.3 Å². The molecule has 1 aliphatic rings. The number of aromatic carboxylic acids is 1.